The van der Waals surface area contributed by atoms with Gasteiger partial charge in [-0.15, -0.1) is 11.3 Å². The number of benzene rings is 1. The molecule has 5 nitrogen and oxygen atoms in total. The Hall–Kier alpha value is -2.34. The highest BCUT2D eigenvalue weighted by molar-refractivity contribution is 7.16. The predicted octanol–water partition coefficient (Wildman–Crippen LogP) is 4.01. The van der Waals surface area contributed by atoms with E-state index in [4.69, 9.17) is 4.74 Å². The van der Waals surface area contributed by atoms with Gasteiger partial charge in [-0.1, -0.05) is 18.2 Å². The molecule has 0 aliphatic rings. The Labute approximate surface area is 152 Å². The maximum atomic E-state index is 12.5. The lowest BCUT2D eigenvalue weighted by atomic mass is 10.1. The number of nitrogens with zero attached hydrogens (tertiary/aromatic N) is 1. The fourth-order valence-electron chi connectivity index (χ4n) is 2.53. The van der Waals surface area contributed by atoms with Crippen LogP contribution in [0.25, 0.3) is 0 Å². The second-order valence-electron chi connectivity index (χ2n) is 5.61. The molecule has 2 aromatic rings. The summed E-state index contributed by atoms with van der Waals surface area (Å²) in [5.41, 5.74) is 2.30. The monoisotopic (exact) mass is 360 g/mol. The molecule has 0 atom stereocenters. The van der Waals surface area contributed by atoms with Crippen molar-refractivity contribution in [2.75, 3.05) is 29.9 Å². The van der Waals surface area contributed by atoms with Crippen LogP contribution in [0.1, 0.15) is 34.6 Å². The van der Waals surface area contributed by atoms with Gasteiger partial charge in [-0.05, 0) is 45.4 Å². The number of carbonyl (C=O) groups excluding carboxylic acids is 2. The molecule has 0 saturated heterocycles. The maximum Gasteiger partial charge on any atom is 0.341 e. The summed E-state index contributed by atoms with van der Waals surface area (Å²) in [6, 6.07) is 9.78. The van der Waals surface area contributed by atoms with Crippen LogP contribution in [-0.2, 0) is 9.53 Å². The molecule has 0 bridgehead atoms. The molecule has 1 aromatic carbocycles. The predicted molar refractivity (Wildman–Crippen MR) is 103 cm³/mol. The molecule has 1 N–H and O–H groups in total. The van der Waals surface area contributed by atoms with Crippen molar-refractivity contribution in [1.29, 1.82) is 0 Å². The van der Waals surface area contributed by atoms with Crippen molar-refractivity contribution in [2.24, 2.45) is 0 Å². The first-order chi connectivity index (χ1) is 12.0. The molecule has 25 heavy (non-hydrogen) atoms. The standard InChI is InChI=1S/C19H24N2O3S/c1-5-21(15-10-8-7-9-11-15)12-16(22)20-18-17(19(23)24-6-2)13(3)14(4)25-18/h7-11H,5-6,12H2,1-4H3,(H,20,22). The van der Waals surface area contributed by atoms with Crippen LogP contribution in [0.4, 0.5) is 10.7 Å². The van der Waals surface area contributed by atoms with Crippen molar-refractivity contribution >= 4 is 33.9 Å². The molecule has 0 saturated carbocycles. The minimum absolute atomic E-state index is 0.155. The summed E-state index contributed by atoms with van der Waals surface area (Å²) in [6.07, 6.45) is 0. The Morgan fingerprint density at radius 3 is 2.44 bits per heavy atom. The summed E-state index contributed by atoms with van der Waals surface area (Å²) in [5, 5.41) is 3.44. The molecule has 0 aliphatic heterocycles. The van der Waals surface area contributed by atoms with E-state index >= 15 is 0 Å². The molecule has 2 rings (SSSR count). The number of hydrogen-bond acceptors (Lipinski definition) is 5. The lowest BCUT2D eigenvalue weighted by Gasteiger charge is -2.22. The number of anilines is 2. The van der Waals surface area contributed by atoms with Crippen molar-refractivity contribution in [1.82, 2.24) is 0 Å². The summed E-state index contributed by atoms with van der Waals surface area (Å²) in [7, 11) is 0. The highest BCUT2D eigenvalue weighted by Gasteiger charge is 2.22. The average Bonchev–Trinajstić information content (AvgIpc) is 2.87. The largest absolute Gasteiger partial charge is 0.462 e. The van der Waals surface area contributed by atoms with Crippen LogP contribution in [-0.4, -0.2) is 31.6 Å². The van der Waals surface area contributed by atoms with Gasteiger partial charge in [0.05, 0.1) is 18.7 Å². The summed E-state index contributed by atoms with van der Waals surface area (Å²) < 4.78 is 5.12. The molecule has 0 radical (unpaired) electrons. The van der Waals surface area contributed by atoms with Crippen LogP contribution in [0.15, 0.2) is 30.3 Å². The van der Waals surface area contributed by atoms with Gasteiger partial charge in [0.1, 0.15) is 5.00 Å². The van der Waals surface area contributed by atoms with E-state index in [9.17, 15) is 9.59 Å². The SMILES string of the molecule is CCOC(=O)c1c(NC(=O)CN(CC)c2ccccc2)sc(C)c1C. The van der Waals surface area contributed by atoms with E-state index < -0.39 is 5.97 Å². The van der Waals surface area contributed by atoms with Crippen LogP contribution in [0.2, 0.25) is 0 Å². The number of para-hydroxylation sites is 1. The van der Waals surface area contributed by atoms with Crippen LogP contribution in [0, 0.1) is 13.8 Å². The minimum Gasteiger partial charge on any atom is -0.462 e. The van der Waals surface area contributed by atoms with Crippen LogP contribution in [0.5, 0.6) is 0 Å². The third kappa shape index (κ3) is 4.60. The number of rotatable bonds is 7. The van der Waals surface area contributed by atoms with Gasteiger partial charge in [0.25, 0.3) is 0 Å². The average molecular weight is 360 g/mol. The number of ether oxygens (including phenoxy) is 1. The minimum atomic E-state index is -0.393. The number of nitrogens with one attached hydrogen (secondary N) is 1. The smallest absolute Gasteiger partial charge is 0.341 e. The summed E-state index contributed by atoms with van der Waals surface area (Å²) >= 11 is 1.40. The highest BCUT2D eigenvalue weighted by atomic mass is 32.1. The fraction of sp³-hybridized carbons (Fsp3) is 0.368. The zero-order valence-corrected chi connectivity index (χ0v) is 15.9. The van der Waals surface area contributed by atoms with Gasteiger partial charge in [0, 0.05) is 17.1 Å². The van der Waals surface area contributed by atoms with E-state index in [1.54, 1.807) is 6.92 Å². The first-order valence-corrected chi connectivity index (χ1v) is 9.16. The number of esters is 1. The normalized spacial score (nSPS) is 10.4. The van der Waals surface area contributed by atoms with E-state index in [0.717, 1.165) is 16.1 Å². The molecule has 0 unspecified atom stereocenters. The molecule has 0 aliphatic carbocycles. The first kappa shape index (κ1) is 19.0. The summed E-state index contributed by atoms with van der Waals surface area (Å²) in [6.45, 7) is 8.81. The molecule has 1 amide bonds. The van der Waals surface area contributed by atoms with Gasteiger partial charge in [-0.3, -0.25) is 4.79 Å². The quantitative estimate of drug-likeness (QED) is 0.758. The Morgan fingerprint density at radius 2 is 1.84 bits per heavy atom. The molecule has 134 valence electrons. The Balaban J connectivity index is 2.15. The molecule has 1 aromatic heterocycles. The molecule has 1 heterocycles. The Kier molecular flexibility index (Phi) is 6.58. The number of aryl methyl sites for hydroxylation is 1. The van der Waals surface area contributed by atoms with Gasteiger partial charge in [-0.25, -0.2) is 4.79 Å². The third-order valence-corrected chi connectivity index (χ3v) is 5.08. The number of hydrogen-bond donors (Lipinski definition) is 1. The number of thiophene rings is 1. The lowest BCUT2D eigenvalue weighted by molar-refractivity contribution is -0.114. The number of amides is 1. The van der Waals surface area contributed by atoms with Crippen LogP contribution in [0.3, 0.4) is 0 Å². The molecule has 6 heteroatoms. The lowest BCUT2D eigenvalue weighted by Crippen LogP contribution is -2.33. The van der Waals surface area contributed by atoms with Gasteiger partial charge in [0.15, 0.2) is 0 Å². The fourth-order valence-corrected chi connectivity index (χ4v) is 3.59. The van der Waals surface area contributed by atoms with Gasteiger partial charge >= 0.3 is 5.97 Å². The van der Waals surface area contributed by atoms with Gasteiger partial charge in [0.2, 0.25) is 5.91 Å². The first-order valence-electron chi connectivity index (χ1n) is 8.34. The van der Waals surface area contributed by atoms with E-state index in [0.29, 0.717) is 23.7 Å². The van der Waals surface area contributed by atoms with E-state index in [1.165, 1.54) is 11.3 Å². The van der Waals surface area contributed by atoms with E-state index in [1.807, 2.05) is 56.0 Å². The highest BCUT2D eigenvalue weighted by Crippen LogP contribution is 2.33. The number of carbonyl (C=O) groups is 2. The summed E-state index contributed by atoms with van der Waals surface area (Å²) in [5.74, 6) is -0.549. The van der Waals surface area contributed by atoms with Crippen LogP contribution >= 0.6 is 11.3 Å². The van der Waals surface area contributed by atoms with Crippen molar-refractivity contribution in [3.8, 4) is 0 Å². The van der Waals surface area contributed by atoms with Gasteiger partial charge in [-0.2, -0.15) is 0 Å². The van der Waals surface area contributed by atoms with Crippen LogP contribution < -0.4 is 10.2 Å². The third-order valence-electron chi connectivity index (χ3n) is 3.96. The van der Waals surface area contributed by atoms with Crippen molar-refractivity contribution in [2.45, 2.75) is 27.7 Å². The second kappa shape index (κ2) is 8.67. The zero-order valence-electron chi connectivity index (χ0n) is 15.1. The molecular weight excluding hydrogens is 336 g/mol. The van der Waals surface area contributed by atoms with Crippen molar-refractivity contribution < 1.29 is 14.3 Å². The van der Waals surface area contributed by atoms with E-state index in [-0.39, 0.29) is 12.5 Å². The Morgan fingerprint density at radius 1 is 1.16 bits per heavy atom. The second-order valence-corrected chi connectivity index (χ2v) is 6.83. The number of likely N-dealkylation sites (N-methyl/N-ethyl adjacent to an activating group) is 1. The molecular formula is C19H24N2O3S. The van der Waals surface area contributed by atoms with Crippen molar-refractivity contribution in [3.63, 3.8) is 0 Å². The summed E-state index contributed by atoms with van der Waals surface area (Å²) in [4.78, 5) is 27.7. The zero-order chi connectivity index (χ0) is 18.4. The van der Waals surface area contributed by atoms with Crippen molar-refractivity contribution in [3.05, 3.63) is 46.3 Å². The maximum absolute atomic E-state index is 12.5. The van der Waals surface area contributed by atoms with Gasteiger partial charge < -0.3 is 15.0 Å². The van der Waals surface area contributed by atoms with E-state index in [2.05, 4.69) is 5.32 Å². The topological polar surface area (TPSA) is 58.6 Å². The molecule has 0 spiro atoms. The molecule has 0 fully saturated rings. The Bertz CT molecular complexity index is 741.